The number of likely N-dealkylation sites (tertiary alicyclic amines) is 1. The Balaban J connectivity index is 0.00000218. The minimum atomic E-state index is -0.286. The number of para-hydroxylation sites is 1. The summed E-state index contributed by atoms with van der Waals surface area (Å²) in [4.78, 5) is 15.0. The lowest BCUT2D eigenvalue weighted by molar-refractivity contribution is -0.129. The minimum absolute atomic E-state index is 0. The molecule has 156 valence electrons. The molecule has 1 N–H and O–H groups in total. The van der Waals surface area contributed by atoms with Crippen molar-refractivity contribution >= 4 is 18.3 Å². The lowest BCUT2D eigenvalue weighted by Gasteiger charge is -2.17. The molecule has 1 aromatic heterocycles. The van der Waals surface area contributed by atoms with Crippen molar-refractivity contribution in [1.82, 2.24) is 20.0 Å². The fourth-order valence-electron chi connectivity index (χ4n) is 4.44. The molecule has 7 heteroatoms. The third-order valence-electron chi connectivity index (χ3n) is 6.01. The van der Waals surface area contributed by atoms with Gasteiger partial charge in [0, 0.05) is 43.5 Å². The van der Waals surface area contributed by atoms with E-state index in [2.05, 4.69) is 5.32 Å². The Morgan fingerprint density at radius 3 is 2.37 bits per heavy atom. The maximum Gasteiger partial charge on any atom is 0.227 e. The number of amides is 1. The summed E-state index contributed by atoms with van der Waals surface area (Å²) in [6.07, 6.45) is 2.22. The second-order valence-corrected chi connectivity index (χ2v) is 7.94. The predicted molar refractivity (Wildman–Crippen MR) is 116 cm³/mol. The van der Waals surface area contributed by atoms with Crippen molar-refractivity contribution in [1.29, 1.82) is 0 Å². The molecule has 2 aliphatic heterocycles. The van der Waals surface area contributed by atoms with Crippen LogP contribution in [0.25, 0.3) is 16.9 Å². The molecule has 2 fully saturated rings. The van der Waals surface area contributed by atoms with Crippen LogP contribution in [-0.4, -0.2) is 46.8 Å². The van der Waals surface area contributed by atoms with Gasteiger partial charge in [-0.25, -0.2) is 9.07 Å². The number of hydrogen-bond donors (Lipinski definition) is 1. The Labute approximate surface area is 181 Å². The van der Waals surface area contributed by atoms with E-state index >= 15 is 0 Å². The zero-order chi connectivity index (χ0) is 19.8. The van der Waals surface area contributed by atoms with Gasteiger partial charge >= 0.3 is 0 Å². The third-order valence-corrected chi connectivity index (χ3v) is 6.01. The van der Waals surface area contributed by atoms with Gasteiger partial charge in [-0.15, -0.1) is 12.4 Å². The fourth-order valence-corrected chi connectivity index (χ4v) is 4.44. The molecule has 2 aromatic carbocycles. The number of carbonyl (C=O) groups is 1. The second-order valence-electron chi connectivity index (χ2n) is 7.94. The number of halogens is 2. The fraction of sp³-hybridized carbons (Fsp3) is 0.304. The molecule has 1 amide bonds. The number of rotatable bonds is 4. The molecular formula is C23H24ClFN4O. The topological polar surface area (TPSA) is 50.2 Å². The van der Waals surface area contributed by atoms with E-state index in [1.165, 1.54) is 12.1 Å². The van der Waals surface area contributed by atoms with Crippen LogP contribution in [0, 0.1) is 17.7 Å². The first-order chi connectivity index (χ1) is 14.2. The average molecular weight is 427 g/mol. The predicted octanol–water partition coefficient (Wildman–Crippen LogP) is 3.32. The molecule has 5 rings (SSSR count). The second kappa shape index (κ2) is 8.58. The maximum atomic E-state index is 13.4. The maximum absolute atomic E-state index is 13.4. The number of fused-ring (bicyclic) bond motifs is 1. The van der Waals surface area contributed by atoms with Crippen molar-refractivity contribution in [3.63, 3.8) is 0 Å². The van der Waals surface area contributed by atoms with Gasteiger partial charge < -0.3 is 10.2 Å². The molecule has 0 spiro atoms. The molecule has 0 unspecified atom stereocenters. The summed E-state index contributed by atoms with van der Waals surface area (Å²) < 4.78 is 15.2. The molecular weight excluding hydrogens is 403 g/mol. The summed E-state index contributed by atoms with van der Waals surface area (Å²) in [5, 5.41) is 8.14. The molecule has 2 saturated heterocycles. The number of hydrogen-bond acceptors (Lipinski definition) is 3. The summed E-state index contributed by atoms with van der Waals surface area (Å²) in [5.74, 6) is 0.992. The van der Waals surface area contributed by atoms with Crippen LogP contribution in [-0.2, 0) is 11.2 Å². The summed E-state index contributed by atoms with van der Waals surface area (Å²) in [5.41, 5.74) is 3.33. The molecule has 30 heavy (non-hydrogen) atoms. The van der Waals surface area contributed by atoms with E-state index in [0.29, 0.717) is 18.3 Å². The molecule has 2 atom stereocenters. The highest BCUT2D eigenvalue weighted by Crippen LogP contribution is 2.29. The van der Waals surface area contributed by atoms with Crippen molar-refractivity contribution in [2.45, 2.75) is 6.42 Å². The highest BCUT2D eigenvalue weighted by Gasteiger charge is 2.38. The lowest BCUT2D eigenvalue weighted by Crippen LogP contribution is -2.33. The van der Waals surface area contributed by atoms with E-state index < -0.39 is 0 Å². The van der Waals surface area contributed by atoms with E-state index in [1.807, 2.05) is 41.4 Å². The SMILES string of the molecule is Cl.O=C(Cc1cn(-c2ccccc2)nc1-c1ccc(F)cc1)N1C[C@H]2CNC[C@H]2C1. The van der Waals surface area contributed by atoms with Gasteiger partial charge in [0.2, 0.25) is 5.91 Å². The molecule has 0 bridgehead atoms. The van der Waals surface area contributed by atoms with Gasteiger partial charge in [0.15, 0.2) is 0 Å². The molecule has 5 nitrogen and oxygen atoms in total. The quantitative estimate of drug-likeness (QED) is 0.696. The molecule has 0 radical (unpaired) electrons. The van der Waals surface area contributed by atoms with Crippen molar-refractivity contribution in [3.8, 4) is 16.9 Å². The molecule has 0 saturated carbocycles. The van der Waals surface area contributed by atoms with Crippen LogP contribution < -0.4 is 5.32 Å². The first-order valence-electron chi connectivity index (χ1n) is 10.1. The highest BCUT2D eigenvalue weighted by molar-refractivity contribution is 5.85. The van der Waals surface area contributed by atoms with Gasteiger partial charge in [0.25, 0.3) is 0 Å². The van der Waals surface area contributed by atoms with Gasteiger partial charge in [-0.3, -0.25) is 4.79 Å². The Bertz CT molecular complexity index is 1010. The first-order valence-corrected chi connectivity index (χ1v) is 10.1. The van der Waals surface area contributed by atoms with Crippen LogP contribution in [0.15, 0.2) is 60.8 Å². The Morgan fingerprint density at radius 1 is 1.03 bits per heavy atom. The molecule has 0 aliphatic carbocycles. The van der Waals surface area contributed by atoms with E-state index in [4.69, 9.17) is 5.10 Å². The number of carbonyl (C=O) groups excluding carboxylic acids is 1. The van der Waals surface area contributed by atoms with Crippen LogP contribution in [0.5, 0.6) is 0 Å². The normalized spacial score (nSPS) is 20.1. The largest absolute Gasteiger partial charge is 0.342 e. The number of nitrogens with zero attached hydrogens (tertiary/aromatic N) is 3. The third kappa shape index (κ3) is 3.98. The van der Waals surface area contributed by atoms with Gasteiger partial charge in [0.05, 0.1) is 17.8 Å². The Morgan fingerprint density at radius 2 is 1.70 bits per heavy atom. The highest BCUT2D eigenvalue weighted by atomic mass is 35.5. The van der Waals surface area contributed by atoms with Gasteiger partial charge in [-0.05, 0) is 48.2 Å². The van der Waals surface area contributed by atoms with Crippen molar-refractivity contribution in [3.05, 3.63) is 72.2 Å². The number of aromatic nitrogens is 2. The molecule has 3 aromatic rings. The summed E-state index contributed by atoms with van der Waals surface area (Å²) in [7, 11) is 0. The van der Waals surface area contributed by atoms with E-state index in [-0.39, 0.29) is 24.1 Å². The monoisotopic (exact) mass is 426 g/mol. The standard InChI is InChI=1S/C23H23FN4O.ClH/c24-20-8-6-16(7-9-20)23-17(15-28(26-23)21-4-2-1-3-5-21)10-22(29)27-13-18-11-25-12-19(18)14-27;/h1-9,15,18-19,25H,10-14H2;1H/t18-,19+;. The van der Waals surface area contributed by atoms with Crippen LogP contribution in [0.1, 0.15) is 5.56 Å². The number of nitrogens with one attached hydrogen (secondary N) is 1. The van der Waals surface area contributed by atoms with Crippen LogP contribution >= 0.6 is 12.4 Å². The Kier molecular flexibility index (Phi) is 5.88. The van der Waals surface area contributed by atoms with E-state index in [1.54, 1.807) is 16.8 Å². The molecule has 3 heterocycles. The first kappa shape index (κ1) is 20.6. The summed E-state index contributed by atoms with van der Waals surface area (Å²) in [6, 6.07) is 16.1. The smallest absolute Gasteiger partial charge is 0.227 e. The number of benzene rings is 2. The lowest BCUT2D eigenvalue weighted by atomic mass is 10.0. The van der Waals surface area contributed by atoms with Crippen molar-refractivity contribution in [2.75, 3.05) is 26.2 Å². The van der Waals surface area contributed by atoms with E-state index in [0.717, 1.165) is 48.7 Å². The zero-order valence-corrected chi connectivity index (χ0v) is 17.3. The molecule has 2 aliphatic rings. The average Bonchev–Trinajstić information content (AvgIpc) is 3.44. The minimum Gasteiger partial charge on any atom is -0.342 e. The van der Waals surface area contributed by atoms with Crippen LogP contribution in [0.3, 0.4) is 0 Å². The Hall–Kier alpha value is -2.70. The zero-order valence-electron chi connectivity index (χ0n) is 16.5. The van der Waals surface area contributed by atoms with Crippen molar-refractivity contribution in [2.24, 2.45) is 11.8 Å². The van der Waals surface area contributed by atoms with Gasteiger partial charge in [-0.1, -0.05) is 18.2 Å². The van der Waals surface area contributed by atoms with Crippen LogP contribution in [0.2, 0.25) is 0 Å². The van der Waals surface area contributed by atoms with E-state index in [9.17, 15) is 9.18 Å². The van der Waals surface area contributed by atoms with Gasteiger partial charge in [0.1, 0.15) is 5.82 Å². The van der Waals surface area contributed by atoms with Gasteiger partial charge in [-0.2, -0.15) is 5.10 Å². The van der Waals surface area contributed by atoms with Crippen molar-refractivity contribution < 1.29 is 9.18 Å². The van der Waals surface area contributed by atoms with Crippen LogP contribution in [0.4, 0.5) is 4.39 Å². The summed E-state index contributed by atoms with van der Waals surface area (Å²) >= 11 is 0. The summed E-state index contributed by atoms with van der Waals surface area (Å²) in [6.45, 7) is 3.66.